The Labute approximate surface area is 167 Å². The van der Waals surface area contributed by atoms with Crippen LogP contribution < -0.4 is 20.7 Å². The van der Waals surface area contributed by atoms with E-state index < -0.39 is 12.1 Å². The summed E-state index contributed by atoms with van der Waals surface area (Å²) >= 11 is 5.84. The molecule has 0 aliphatic carbocycles. The van der Waals surface area contributed by atoms with E-state index in [9.17, 15) is 9.59 Å². The zero-order chi connectivity index (χ0) is 19.9. The number of benzene rings is 3. The van der Waals surface area contributed by atoms with Crippen LogP contribution in [0.4, 0.5) is 26.7 Å². The molecule has 3 aromatic rings. The average Bonchev–Trinajstić information content (AvgIpc) is 2.67. The third kappa shape index (κ3) is 5.49. The molecule has 0 spiro atoms. The standard InChI is InChI=1S/C21H18ClN3O3/c1-14-7-10-17(24-21(27)28-18-5-3-2-4-6-18)13-19(14)25-20(26)23-16-11-8-15(22)9-12-16/h2-13H,1H3,(H,24,27)(H2,23,25,26). The molecule has 0 unspecified atom stereocenters. The van der Waals surface area contributed by atoms with Gasteiger partial charge in [0.15, 0.2) is 0 Å². The fraction of sp³-hybridized carbons (Fsp3) is 0.0476. The van der Waals surface area contributed by atoms with Gasteiger partial charge in [-0.15, -0.1) is 0 Å². The molecule has 0 aromatic heterocycles. The Hall–Kier alpha value is -3.51. The minimum atomic E-state index is -0.619. The quantitative estimate of drug-likeness (QED) is 0.514. The van der Waals surface area contributed by atoms with E-state index >= 15 is 0 Å². The van der Waals surface area contributed by atoms with Gasteiger partial charge in [-0.2, -0.15) is 0 Å². The van der Waals surface area contributed by atoms with Crippen molar-refractivity contribution in [3.8, 4) is 5.75 Å². The van der Waals surface area contributed by atoms with E-state index in [2.05, 4.69) is 16.0 Å². The summed E-state index contributed by atoms with van der Waals surface area (Å²) in [5, 5.41) is 8.70. The predicted molar refractivity (Wildman–Crippen MR) is 111 cm³/mol. The molecule has 6 nitrogen and oxygen atoms in total. The Kier molecular flexibility index (Phi) is 6.14. The van der Waals surface area contributed by atoms with Crippen LogP contribution in [-0.2, 0) is 0 Å². The number of hydrogen-bond donors (Lipinski definition) is 3. The lowest BCUT2D eigenvalue weighted by molar-refractivity contribution is 0.215. The second-order valence-corrected chi connectivity index (χ2v) is 6.38. The van der Waals surface area contributed by atoms with E-state index in [0.717, 1.165) is 5.56 Å². The fourth-order valence-electron chi connectivity index (χ4n) is 2.39. The van der Waals surface area contributed by atoms with Crippen LogP contribution >= 0.6 is 11.6 Å². The summed E-state index contributed by atoms with van der Waals surface area (Å²) < 4.78 is 5.20. The summed E-state index contributed by atoms with van der Waals surface area (Å²) in [4.78, 5) is 24.3. The van der Waals surface area contributed by atoms with Crippen molar-refractivity contribution in [1.82, 2.24) is 0 Å². The van der Waals surface area contributed by atoms with Crippen LogP contribution in [0.15, 0.2) is 72.8 Å². The largest absolute Gasteiger partial charge is 0.417 e. The number of rotatable bonds is 4. The number of nitrogens with one attached hydrogen (secondary N) is 3. The van der Waals surface area contributed by atoms with Crippen LogP contribution in [0, 0.1) is 6.92 Å². The highest BCUT2D eigenvalue weighted by molar-refractivity contribution is 6.30. The van der Waals surface area contributed by atoms with Crippen molar-refractivity contribution >= 4 is 40.8 Å². The van der Waals surface area contributed by atoms with Crippen molar-refractivity contribution in [2.24, 2.45) is 0 Å². The smallest absolute Gasteiger partial charge is 0.410 e. The first-order valence-electron chi connectivity index (χ1n) is 8.48. The molecule has 3 N–H and O–H groups in total. The molecule has 3 rings (SSSR count). The van der Waals surface area contributed by atoms with Crippen LogP contribution in [0.1, 0.15) is 5.56 Å². The molecule has 0 bridgehead atoms. The molecule has 3 aromatic carbocycles. The topological polar surface area (TPSA) is 79.5 Å². The zero-order valence-corrected chi connectivity index (χ0v) is 15.8. The maximum atomic E-state index is 12.2. The molecule has 142 valence electrons. The van der Waals surface area contributed by atoms with Crippen LogP contribution in [0.2, 0.25) is 5.02 Å². The van der Waals surface area contributed by atoms with Crippen LogP contribution in [0.3, 0.4) is 0 Å². The zero-order valence-electron chi connectivity index (χ0n) is 15.0. The van der Waals surface area contributed by atoms with Crippen molar-refractivity contribution in [2.45, 2.75) is 6.92 Å². The van der Waals surface area contributed by atoms with Gasteiger partial charge in [0.25, 0.3) is 0 Å². The van der Waals surface area contributed by atoms with Gasteiger partial charge in [0.1, 0.15) is 5.75 Å². The molecule has 0 fully saturated rings. The Bertz CT molecular complexity index is 976. The monoisotopic (exact) mass is 395 g/mol. The molecule has 0 aliphatic rings. The number of aryl methyl sites for hydroxylation is 1. The summed E-state index contributed by atoms with van der Waals surface area (Å²) in [6, 6.07) is 20.3. The molecule has 0 saturated carbocycles. The maximum Gasteiger partial charge on any atom is 0.417 e. The highest BCUT2D eigenvalue weighted by Gasteiger charge is 2.09. The first kappa shape index (κ1) is 19.3. The number of para-hydroxylation sites is 1. The second-order valence-electron chi connectivity index (χ2n) is 5.94. The van der Waals surface area contributed by atoms with E-state index in [-0.39, 0.29) is 0 Å². The summed E-state index contributed by atoms with van der Waals surface area (Å²) in [5.41, 5.74) is 2.51. The minimum Gasteiger partial charge on any atom is -0.410 e. The number of carbonyl (C=O) groups excluding carboxylic acids is 2. The molecule has 0 radical (unpaired) electrons. The molecular weight excluding hydrogens is 378 g/mol. The maximum absolute atomic E-state index is 12.2. The van der Waals surface area contributed by atoms with Gasteiger partial charge in [-0.1, -0.05) is 35.9 Å². The number of urea groups is 1. The Morgan fingerprint density at radius 1 is 0.821 bits per heavy atom. The number of ether oxygens (including phenoxy) is 1. The van der Waals surface area contributed by atoms with Crippen LogP contribution in [0.5, 0.6) is 5.75 Å². The first-order valence-corrected chi connectivity index (χ1v) is 8.85. The SMILES string of the molecule is Cc1ccc(NC(=O)Oc2ccccc2)cc1NC(=O)Nc1ccc(Cl)cc1. The molecule has 0 aliphatic heterocycles. The van der Waals surface area contributed by atoms with Crippen molar-refractivity contribution < 1.29 is 14.3 Å². The lowest BCUT2D eigenvalue weighted by Crippen LogP contribution is -2.20. The van der Waals surface area contributed by atoms with Gasteiger partial charge in [-0.3, -0.25) is 5.32 Å². The predicted octanol–water partition coefficient (Wildman–Crippen LogP) is 5.90. The third-order valence-corrected chi connectivity index (χ3v) is 4.04. The van der Waals surface area contributed by atoms with Gasteiger partial charge in [0.2, 0.25) is 0 Å². The molecule has 3 amide bonds. The normalized spacial score (nSPS) is 10.1. The van der Waals surface area contributed by atoms with Crippen molar-refractivity contribution in [3.63, 3.8) is 0 Å². The van der Waals surface area contributed by atoms with Crippen LogP contribution in [0.25, 0.3) is 0 Å². The number of amides is 3. The molecule has 0 atom stereocenters. The van der Waals surface area contributed by atoms with E-state index in [0.29, 0.717) is 27.8 Å². The lowest BCUT2D eigenvalue weighted by Gasteiger charge is -2.12. The molecule has 0 saturated heterocycles. The van der Waals surface area contributed by atoms with E-state index in [1.807, 2.05) is 13.0 Å². The lowest BCUT2D eigenvalue weighted by atomic mass is 10.2. The van der Waals surface area contributed by atoms with E-state index in [1.54, 1.807) is 66.7 Å². The highest BCUT2D eigenvalue weighted by Crippen LogP contribution is 2.21. The van der Waals surface area contributed by atoms with Gasteiger partial charge in [0.05, 0.1) is 0 Å². The number of halogens is 1. The van der Waals surface area contributed by atoms with Crippen molar-refractivity contribution in [2.75, 3.05) is 16.0 Å². The van der Waals surface area contributed by atoms with E-state index in [1.165, 1.54) is 0 Å². The van der Waals surface area contributed by atoms with Crippen LogP contribution in [-0.4, -0.2) is 12.1 Å². The van der Waals surface area contributed by atoms with Gasteiger partial charge >= 0.3 is 12.1 Å². The number of anilines is 3. The Morgan fingerprint density at radius 3 is 2.21 bits per heavy atom. The molecular formula is C21H18ClN3O3. The average molecular weight is 396 g/mol. The highest BCUT2D eigenvalue weighted by atomic mass is 35.5. The second kappa shape index (κ2) is 8.92. The van der Waals surface area contributed by atoms with E-state index in [4.69, 9.17) is 16.3 Å². The number of hydrogen-bond acceptors (Lipinski definition) is 3. The molecule has 7 heteroatoms. The summed E-state index contributed by atoms with van der Waals surface area (Å²) in [6.07, 6.45) is -0.619. The molecule has 28 heavy (non-hydrogen) atoms. The third-order valence-electron chi connectivity index (χ3n) is 3.79. The van der Waals surface area contributed by atoms with Crippen molar-refractivity contribution in [3.05, 3.63) is 83.4 Å². The summed E-state index contributed by atoms with van der Waals surface area (Å²) in [5.74, 6) is 0.438. The minimum absolute atomic E-state index is 0.408. The van der Waals surface area contributed by atoms with Gasteiger partial charge in [-0.05, 0) is 61.0 Å². The van der Waals surface area contributed by atoms with Gasteiger partial charge < -0.3 is 15.4 Å². The van der Waals surface area contributed by atoms with Crippen molar-refractivity contribution in [1.29, 1.82) is 0 Å². The Morgan fingerprint density at radius 2 is 1.50 bits per heavy atom. The molecule has 0 heterocycles. The fourth-order valence-corrected chi connectivity index (χ4v) is 2.52. The summed E-state index contributed by atoms with van der Waals surface area (Å²) in [7, 11) is 0. The number of carbonyl (C=O) groups is 2. The van der Waals surface area contributed by atoms with Gasteiger partial charge in [-0.25, -0.2) is 9.59 Å². The van der Waals surface area contributed by atoms with Gasteiger partial charge in [0, 0.05) is 22.1 Å². The summed E-state index contributed by atoms with van der Waals surface area (Å²) in [6.45, 7) is 1.85. The Balaban J connectivity index is 1.63. The first-order chi connectivity index (χ1) is 13.5.